The monoisotopic (exact) mass is 315 g/mol. The molecule has 0 saturated heterocycles. The minimum atomic E-state index is -0.535. The Labute approximate surface area is 134 Å². The van der Waals surface area contributed by atoms with E-state index in [4.69, 9.17) is 4.74 Å². The summed E-state index contributed by atoms with van der Waals surface area (Å²) in [5.41, 5.74) is 1.99. The van der Waals surface area contributed by atoms with Gasteiger partial charge in [0.25, 0.3) is 5.91 Å². The van der Waals surface area contributed by atoms with Crippen molar-refractivity contribution in [3.63, 3.8) is 0 Å². The van der Waals surface area contributed by atoms with Crippen LogP contribution in [0, 0.1) is 12.7 Å². The zero-order chi connectivity index (χ0) is 16.8. The molecule has 0 aliphatic rings. The number of aryl methyl sites for hydroxylation is 1. The van der Waals surface area contributed by atoms with Crippen LogP contribution in [-0.2, 0) is 9.53 Å². The Morgan fingerprint density at radius 2 is 1.78 bits per heavy atom. The second-order valence-electron chi connectivity index (χ2n) is 5.23. The molecule has 4 nitrogen and oxygen atoms in total. The topological polar surface area (TPSA) is 55.4 Å². The fraction of sp³-hybridized carbons (Fsp3) is 0.222. The Balaban J connectivity index is 1.86. The normalized spacial score (nSPS) is 11.6. The number of halogens is 1. The molecule has 0 fully saturated rings. The molecule has 1 atom stereocenters. The minimum absolute atomic E-state index is 0.305. The SMILES string of the molecule is Cc1ccccc1C(=O)OCC(=O)NC(C)c1ccc(F)cc1. The summed E-state index contributed by atoms with van der Waals surface area (Å²) in [5.74, 6) is -1.28. The average molecular weight is 315 g/mol. The summed E-state index contributed by atoms with van der Waals surface area (Å²) in [6.45, 7) is 3.21. The number of nitrogens with one attached hydrogen (secondary N) is 1. The highest BCUT2D eigenvalue weighted by molar-refractivity contribution is 5.92. The number of carbonyl (C=O) groups excluding carboxylic acids is 2. The van der Waals surface area contributed by atoms with E-state index in [-0.39, 0.29) is 18.5 Å². The third-order valence-electron chi connectivity index (χ3n) is 3.45. The predicted molar refractivity (Wildman–Crippen MR) is 84.4 cm³/mol. The Kier molecular flexibility index (Phi) is 5.46. The first-order valence-corrected chi connectivity index (χ1v) is 7.25. The highest BCUT2D eigenvalue weighted by Crippen LogP contribution is 2.13. The summed E-state index contributed by atoms with van der Waals surface area (Å²) in [6.07, 6.45) is 0. The standard InChI is InChI=1S/C18H18FNO3/c1-12-5-3-4-6-16(12)18(22)23-11-17(21)20-13(2)14-7-9-15(19)10-8-14/h3-10,13H,11H2,1-2H3,(H,20,21). The zero-order valence-electron chi connectivity index (χ0n) is 13.0. The number of esters is 1. The van der Waals surface area contributed by atoms with E-state index in [0.717, 1.165) is 11.1 Å². The first-order valence-electron chi connectivity index (χ1n) is 7.25. The van der Waals surface area contributed by atoms with Crippen molar-refractivity contribution in [1.82, 2.24) is 5.32 Å². The summed E-state index contributed by atoms with van der Waals surface area (Å²) in [6, 6.07) is 12.6. The molecule has 1 amide bonds. The number of rotatable bonds is 5. The van der Waals surface area contributed by atoms with Crippen molar-refractivity contribution in [3.8, 4) is 0 Å². The molecule has 0 saturated carbocycles. The third-order valence-corrected chi connectivity index (χ3v) is 3.45. The van der Waals surface area contributed by atoms with E-state index in [1.807, 2.05) is 6.07 Å². The first kappa shape index (κ1) is 16.7. The van der Waals surface area contributed by atoms with Crippen LogP contribution in [0.5, 0.6) is 0 Å². The molecular formula is C18H18FNO3. The van der Waals surface area contributed by atoms with E-state index in [1.54, 1.807) is 44.2 Å². The van der Waals surface area contributed by atoms with Crippen LogP contribution in [0.3, 0.4) is 0 Å². The van der Waals surface area contributed by atoms with Gasteiger partial charge in [0.15, 0.2) is 6.61 Å². The molecule has 0 aliphatic carbocycles. The lowest BCUT2D eigenvalue weighted by Crippen LogP contribution is -2.31. The first-order chi connectivity index (χ1) is 11.0. The smallest absolute Gasteiger partial charge is 0.338 e. The van der Waals surface area contributed by atoms with E-state index in [1.165, 1.54) is 12.1 Å². The summed E-state index contributed by atoms with van der Waals surface area (Å²) in [7, 11) is 0. The molecule has 0 spiro atoms. The highest BCUT2D eigenvalue weighted by Gasteiger charge is 2.14. The number of amides is 1. The number of benzene rings is 2. The molecule has 23 heavy (non-hydrogen) atoms. The van der Waals surface area contributed by atoms with Crippen LogP contribution in [0.4, 0.5) is 4.39 Å². The van der Waals surface area contributed by atoms with Gasteiger partial charge in [-0.05, 0) is 43.2 Å². The van der Waals surface area contributed by atoms with E-state index in [0.29, 0.717) is 5.56 Å². The van der Waals surface area contributed by atoms with Gasteiger partial charge >= 0.3 is 5.97 Å². The van der Waals surface area contributed by atoms with Crippen molar-refractivity contribution in [2.45, 2.75) is 19.9 Å². The van der Waals surface area contributed by atoms with Gasteiger partial charge in [0.1, 0.15) is 5.82 Å². The molecule has 0 bridgehead atoms. The molecule has 0 aliphatic heterocycles. The maximum Gasteiger partial charge on any atom is 0.338 e. The van der Waals surface area contributed by atoms with Crippen LogP contribution in [0.2, 0.25) is 0 Å². The number of hydrogen-bond acceptors (Lipinski definition) is 3. The molecule has 5 heteroatoms. The molecule has 2 aromatic carbocycles. The van der Waals surface area contributed by atoms with Crippen molar-refractivity contribution in [3.05, 3.63) is 71.0 Å². The zero-order valence-corrected chi connectivity index (χ0v) is 13.0. The lowest BCUT2D eigenvalue weighted by atomic mass is 10.1. The molecular weight excluding hydrogens is 297 g/mol. The molecule has 120 valence electrons. The Morgan fingerprint density at radius 1 is 1.13 bits per heavy atom. The summed E-state index contributed by atoms with van der Waals surface area (Å²) >= 11 is 0. The molecule has 2 aromatic rings. The van der Waals surface area contributed by atoms with Crippen molar-refractivity contribution >= 4 is 11.9 Å². The van der Waals surface area contributed by atoms with Gasteiger partial charge in [-0.15, -0.1) is 0 Å². The van der Waals surface area contributed by atoms with Crippen LogP contribution in [0.25, 0.3) is 0 Å². The third kappa shape index (κ3) is 4.64. The Bertz CT molecular complexity index is 698. The lowest BCUT2D eigenvalue weighted by Gasteiger charge is -2.14. The summed E-state index contributed by atoms with van der Waals surface area (Å²) in [5, 5.41) is 2.70. The summed E-state index contributed by atoms with van der Waals surface area (Å²) < 4.78 is 17.9. The highest BCUT2D eigenvalue weighted by atomic mass is 19.1. The van der Waals surface area contributed by atoms with Crippen LogP contribution >= 0.6 is 0 Å². The van der Waals surface area contributed by atoms with Crippen molar-refractivity contribution in [2.24, 2.45) is 0 Å². The molecule has 0 radical (unpaired) electrons. The lowest BCUT2D eigenvalue weighted by molar-refractivity contribution is -0.124. The van der Waals surface area contributed by atoms with E-state index in [9.17, 15) is 14.0 Å². The van der Waals surface area contributed by atoms with Gasteiger partial charge in [-0.1, -0.05) is 30.3 Å². The number of carbonyl (C=O) groups is 2. The van der Waals surface area contributed by atoms with Gasteiger partial charge in [0, 0.05) is 0 Å². The van der Waals surface area contributed by atoms with E-state index in [2.05, 4.69) is 5.32 Å². The van der Waals surface area contributed by atoms with Gasteiger partial charge < -0.3 is 10.1 Å². The van der Waals surface area contributed by atoms with Gasteiger partial charge in [-0.3, -0.25) is 4.79 Å². The number of ether oxygens (including phenoxy) is 1. The quantitative estimate of drug-likeness (QED) is 0.862. The van der Waals surface area contributed by atoms with Crippen LogP contribution in [0.1, 0.15) is 34.5 Å². The Hall–Kier alpha value is -2.69. The maximum atomic E-state index is 12.9. The minimum Gasteiger partial charge on any atom is -0.452 e. The summed E-state index contributed by atoms with van der Waals surface area (Å²) in [4.78, 5) is 23.8. The molecule has 1 unspecified atom stereocenters. The second-order valence-corrected chi connectivity index (χ2v) is 5.23. The molecule has 2 rings (SSSR count). The van der Waals surface area contributed by atoms with Crippen molar-refractivity contribution in [2.75, 3.05) is 6.61 Å². The van der Waals surface area contributed by atoms with Crippen LogP contribution in [-0.4, -0.2) is 18.5 Å². The maximum absolute atomic E-state index is 12.9. The van der Waals surface area contributed by atoms with Gasteiger partial charge in [0.05, 0.1) is 11.6 Å². The molecule has 0 heterocycles. The fourth-order valence-electron chi connectivity index (χ4n) is 2.13. The van der Waals surface area contributed by atoms with E-state index >= 15 is 0 Å². The molecule has 1 N–H and O–H groups in total. The second kappa shape index (κ2) is 7.54. The average Bonchev–Trinajstić information content (AvgIpc) is 2.53. The Morgan fingerprint density at radius 3 is 2.43 bits per heavy atom. The van der Waals surface area contributed by atoms with Gasteiger partial charge in [-0.2, -0.15) is 0 Å². The number of hydrogen-bond donors (Lipinski definition) is 1. The van der Waals surface area contributed by atoms with Crippen molar-refractivity contribution < 1.29 is 18.7 Å². The largest absolute Gasteiger partial charge is 0.452 e. The molecule has 0 aromatic heterocycles. The van der Waals surface area contributed by atoms with E-state index < -0.39 is 11.9 Å². The van der Waals surface area contributed by atoms with Gasteiger partial charge in [0.2, 0.25) is 0 Å². The fourth-order valence-corrected chi connectivity index (χ4v) is 2.13. The van der Waals surface area contributed by atoms with Gasteiger partial charge in [-0.25, -0.2) is 9.18 Å². The van der Waals surface area contributed by atoms with Crippen LogP contribution in [0.15, 0.2) is 48.5 Å². The van der Waals surface area contributed by atoms with Crippen molar-refractivity contribution in [1.29, 1.82) is 0 Å². The van der Waals surface area contributed by atoms with Crippen LogP contribution < -0.4 is 5.32 Å². The predicted octanol–water partition coefficient (Wildman–Crippen LogP) is 3.17.